The molecular formula is C16H15N3O2S. The summed E-state index contributed by atoms with van der Waals surface area (Å²) in [7, 11) is 0. The fraction of sp³-hybridized carbons (Fsp3) is 0.125. The molecule has 1 atom stereocenters. The summed E-state index contributed by atoms with van der Waals surface area (Å²) in [6.07, 6.45) is 0. The van der Waals surface area contributed by atoms with Crippen molar-refractivity contribution < 1.29 is 9.90 Å². The van der Waals surface area contributed by atoms with Crippen molar-refractivity contribution in [1.29, 1.82) is 0 Å². The molecule has 3 N–H and O–H groups in total. The van der Waals surface area contributed by atoms with Crippen LogP contribution in [-0.4, -0.2) is 15.4 Å². The number of carbonyl (C=O) groups is 1. The van der Waals surface area contributed by atoms with Crippen molar-refractivity contribution >= 4 is 39.1 Å². The fourth-order valence-electron chi connectivity index (χ4n) is 2.11. The Morgan fingerprint density at radius 3 is 2.68 bits per heavy atom. The first-order chi connectivity index (χ1) is 10.6. The molecule has 0 amide bonds. The van der Waals surface area contributed by atoms with E-state index in [9.17, 15) is 4.79 Å². The van der Waals surface area contributed by atoms with Crippen LogP contribution in [0.25, 0.3) is 10.1 Å². The predicted molar refractivity (Wildman–Crippen MR) is 89.4 cm³/mol. The Morgan fingerprint density at radius 1 is 1.18 bits per heavy atom. The number of carboxylic acids is 1. The molecule has 0 fully saturated rings. The molecule has 5 nitrogen and oxygen atoms in total. The molecule has 112 valence electrons. The molecule has 3 aromatic rings. The van der Waals surface area contributed by atoms with Crippen LogP contribution in [-0.2, 0) is 4.79 Å². The summed E-state index contributed by atoms with van der Waals surface area (Å²) >= 11 is 1.38. The number of rotatable bonds is 5. The van der Waals surface area contributed by atoms with Crippen molar-refractivity contribution in [3.63, 3.8) is 0 Å². The van der Waals surface area contributed by atoms with Crippen molar-refractivity contribution in [2.45, 2.75) is 12.8 Å². The Hall–Kier alpha value is -2.60. The summed E-state index contributed by atoms with van der Waals surface area (Å²) in [4.78, 5) is 11.1. The molecule has 0 aliphatic heterocycles. The van der Waals surface area contributed by atoms with E-state index in [1.807, 2.05) is 48.5 Å². The van der Waals surface area contributed by atoms with E-state index in [0.717, 1.165) is 21.3 Å². The van der Waals surface area contributed by atoms with Crippen LogP contribution in [0.3, 0.4) is 0 Å². The minimum atomic E-state index is -0.834. The van der Waals surface area contributed by atoms with E-state index in [1.165, 1.54) is 11.5 Å². The largest absolute Gasteiger partial charge is 0.481 e. The highest BCUT2D eigenvalue weighted by Gasteiger charge is 2.15. The van der Waals surface area contributed by atoms with Gasteiger partial charge in [0.2, 0.25) is 0 Å². The van der Waals surface area contributed by atoms with Gasteiger partial charge in [-0.2, -0.15) is 4.37 Å². The Labute approximate surface area is 131 Å². The number of carboxylic acid groups (broad SMARTS) is 1. The zero-order valence-corrected chi connectivity index (χ0v) is 12.7. The van der Waals surface area contributed by atoms with Crippen LogP contribution in [0.4, 0.5) is 11.5 Å². The average Bonchev–Trinajstić information content (AvgIpc) is 2.95. The van der Waals surface area contributed by atoms with Crippen LogP contribution >= 0.6 is 11.5 Å². The number of nitrogens with one attached hydrogen (secondary N) is 2. The monoisotopic (exact) mass is 313 g/mol. The van der Waals surface area contributed by atoms with Gasteiger partial charge in [0.05, 0.1) is 16.3 Å². The van der Waals surface area contributed by atoms with Gasteiger partial charge in [0.15, 0.2) is 5.82 Å². The van der Waals surface area contributed by atoms with Crippen molar-refractivity contribution in [3.8, 4) is 0 Å². The van der Waals surface area contributed by atoms with Crippen LogP contribution in [0.1, 0.15) is 18.4 Å². The molecule has 0 spiro atoms. The molecule has 0 saturated carbocycles. The van der Waals surface area contributed by atoms with Gasteiger partial charge in [-0.15, -0.1) is 0 Å². The van der Waals surface area contributed by atoms with Gasteiger partial charge in [0.25, 0.3) is 0 Å². The Kier molecular flexibility index (Phi) is 3.93. The topological polar surface area (TPSA) is 74.2 Å². The number of aromatic nitrogens is 1. The number of benzene rings is 2. The number of nitrogens with zero attached hydrogens (tertiary/aromatic N) is 1. The maximum absolute atomic E-state index is 11.1. The minimum absolute atomic E-state index is 0.542. The molecule has 22 heavy (non-hydrogen) atoms. The summed E-state index contributed by atoms with van der Waals surface area (Å²) in [5, 5.41) is 10.1. The Balaban J connectivity index is 1.86. The fourth-order valence-corrected chi connectivity index (χ4v) is 2.83. The van der Waals surface area contributed by atoms with Crippen molar-refractivity contribution in [3.05, 3.63) is 54.1 Å². The molecule has 1 aromatic heterocycles. The first-order valence-electron chi connectivity index (χ1n) is 6.84. The highest BCUT2D eigenvalue weighted by molar-refractivity contribution is 7.13. The third-order valence-corrected chi connectivity index (χ3v) is 4.29. The quantitative estimate of drug-likeness (QED) is 0.622. The normalized spacial score (nSPS) is 12.0. The average molecular weight is 313 g/mol. The van der Waals surface area contributed by atoms with E-state index in [0.29, 0.717) is 5.82 Å². The SMILES string of the molecule is CC(C(=O)O)c1ccc2snc(NNc3ccccc3)c2c1. The third-order valence-electron chi connectivity index (χ3n) is 3.46. The number of hydrogen-bond acceptors (Lipinski definition) is 5. The van der Waals surface area contributed by atoms with E-state index in [4.69, 9.17) is 5.11 Å². The standard InChI is InChI=1S/C16H15N3O2S/c1-10(16(20)21)11-7-8-14-13(9-11)15(19-22-14)18-17-12-5-3-2-4-6-12/h2-10,17H,1H3,(H,18,19)(H,20,21). The van der Waals surface area contributed by atoms with Crippen molar-refractivity contribution in [1.82, 2.24) is 4.37 Å². The summed E-state index contributed by atoms with van der Waals surface area (Å²) in [5.41, 5.74) is 7.87. The lowest BCUT2D eigenvalue weighted by Gasteiger charge is -2.09. The van der Waals surface area contributed by atoms with E-state index in [-0.39, 0.29) is 0 Å². The zero-order chi connectivity index (χ0) is 15.5. The van der Waals surface area contributed by atoms with Crippen LogP contribution in [0.5, 0.6) is 0 Å². The van der Waals surface area contributed by atoms with Gasteiger partial charge in [0, 0.05) is 5.39 Å². The van der Waals surface area contributed by atoms with Gasteiger partial charge in [-0.1, -0.05) is 24.3 Å². The third kappa shape index (κ3) is 2.87. The van der Waals surface area contributed by atoms with E-state index < -0.39 is 11.9 Å². The molecule has 0 bridgehead atoms. The highest BCUT2D eigenvalue weighted by Crippen LogP contribution is 2.30. The predicted octanol–water partition coefficient (Wildman–Crippen LogP) is 3.92. The lowest BCUT2D eigenvalue weighted by atomic mass is 10.0. The van der Waals surface area contributed by atoms with E-state index in [2.05, 4.69) is 15.2 Å². The van der Waals surface area contributed by atoms with Gasteiger partial charge in [0.1, 0.15) is 0 Å². The maximum Gasteiger partial charge on any atom is 0.310 e. The number of hydrazine groups is 1. The van der Waals surface area contributed by atoms with Gasteiger partial charge in [-0.25, -0.2) is 0 Å². The number of para-hydroxylation sites is 1. The Morgan fingerprint density at radius 2 is 1.95 bits per heavy atom. The molecular weight excluding hydrogens is 298 g/mol. The lowest BCUT2D eigenvalue weighted by molar-refractivity contribution is -0.138. The van der Waals surface area contributed by atoms with Crippen LogP contribution in [0.15, 0.2) is 48.5 Å². The second-order valence-electron chi connectivity index (χ2n) is 4.96. The zero-order valence-electron chi connectivity index (χ0n) is 11.9. The molecule has 2 aromatic carbocycles. The van der Waals surface area contributed by atoms with Gasteiger partial charge >= 0.3 is 5.97 Å². The Bertz CT molecular complexity index is 802. The smallest absolute Gasteiger partial charge is 0.310 e. The molecule has 0 aliphatic carbocycles. The molecule has 0 saturated heterocycles. The second kappa shape index (κ2) is 6.03. The summed E-state index contributed by atoms with van der Waals surface area (Å²) in [6, 6.07) is 15.4. The van der Waals surface area contributed by atoms with Crippen LogP contribution < -0.4 is 10.9 Å². The second-order valence-corrected chi connectivity index (χ2v) is 5.77. The molecule has 1 unspecified atom stereocenters. The maximum atomic E-state index is 11.1. The van der Waals surface area contributed by atoms with Crippen molar-refractivity contribution in [2.24, 2.45) is 0 Å². The van der Waals surface area contributed by atoms with Crippen LogP contribution in [0, 0.1) is 0 Å². The molecule has 0 radical (unpaired) electrons. The molecule has 6 heteroatoms. The number of fused-ring (bicyclic) bond motifs is 1. The van der Waals surface area contributed by atoms with Gasteiger partial charge in [-0.3, -0.25) is 15.6 Å². The molecule has 0 aliphatic rings. The summed E-state index contributed by atoms with van der Waals surface area (Å²) in [6.45, 7) is 1.68. The summed E-state index contributed by atoms with van der Waals surface area (Å²) in [5.74, 6) is -0.679. The first kappa shape index (κ1) is 14.3. The van der Waals surface area contributed by atoms with Gasteiger partial charge in [-0.05, 0) is 48.3 Å². The van der Waals surface area contributed by atoms with Crippen molar-refractivity contribution in [2.75, 3.05) is 10.9 Å². The van der Waals surface area contributed by atoms with Gasteiger partial charge < -0.3 is 5.11 Å². The lowest BCUT2D eigenvalue weighted by Crippen LogP contribution is -2.09. The van der Waals surface area contributed by atoms with E-state index >= 15 is 0 Å². The van der Waals surface area contributed by atoms with Crippen LogP contribution in [0.2, 0.25) is 0 Å². The molecule has 3 rings (SSSR count). The minimum Gasteiger partial charge on any atom is -0.481 e. The van der Waals surface area contributed by atoms with E-state index in [1.54, 1.807) is 6.92 Å². The first-order valence-corrected chi connectivity index (χ1v) is 7.61. The number of hydrogen-bond donors (Lipinski definition) is 3. The summed E-state index contributed by atoms with van der Waals surface area (Å²) < 4.78 is 5.39. The highest BCUT2D eigenvalue weighted by atomic mass is 32.1. The number of aliphatic carboxylic acids is 1. The molecule has 1 heterocycles. The number of anilines is 2.